The van der Waals surface area contributed by atoms with Crippen LogP contribution in [0.1, 0.15) is 42.1 Å². The van der Waals surface area contributed by atoms with E-state index in [0.29, 0.717) is 29.5 Å². The van der Waals surface area contributed by atoms with Gasteiger partial charge in [-0.2, -0.15) is 0 Å². The number of aryl methyl sites for hydroxylation is 1. The number of amides is 1. The number of nitrogens with two attached hydrogens (primary N) is 1. The lowest BCUT2D eigenvalue weighted by atomic mass is 9.98. The van der Waals surface area contributed by atoms with Gasteiger partial charge in [-0.05, 0) is 42.9 Å². The molecule has 1 aromatic carbocycles. The van der Waals surface area contributed by atoms with E-state index in [0.717, 1.165) is 6.42 Å². The van der Waals surface area contributed by atoms with Gasteiger partial charge in [0.2, 0.25) is 10.0 Å². The Bertz CT molecular complexity index is 640. The highest BCUT2D eigenvalue weighted by Crippen LogP contribution is 2.30. The Kier molecular flexibility index (Phi) is 4.68. The SMILES string of the molecule is Cc1ccc(C(=O)NCC2CCCC2C)cc1S(N)(=O)=O. The fourth-order valence-electron chi connectivity index (χ4n) is 2.90. The van der Waals surface area contributed by atoms with Gasteiger partial charge in [0, 0.05) is 12.1 Å². The van der Waals surface area contributed by atoms with E-state index in [1.54, 1.807) is 19.1 Å². The maximum absolute atomic E-state index is 12.2. The lowest BCUT2D eigenvalue weighted by molar-refractivity contribution is 0.0944. The molecule has 1 amide bonds. The first-order valence-corrected chi connectivity index (χ1v) is 8.75. The van der Waals surface area contributed by atoms with Crippen LogP contribution in [-0.4, -0.2) is 20.9 Å². The van der Waals surface area contributed by atoms with Crippen LogP contribution in [0.2, 0.25) is 0 Å². The maximum Gasteiger partial charge on any atom is 0.251 e. The zero-order valence-corrected chi connectivity index (χ0v) is 13.2. The summed E-state index contributed by atoms with van der Waals surface area (Å²) >= 11 is 0. The van der Waals surface area contributed by atoms with E-state index in [-0.39, 0.29) is 10.8 Å². The van der Waals surface area contributed by atoms with Crippen LogP contribution >= 0.6 is 0 Å². The Morgan fingerprint density at radius 1 is 1.38 bits per heavy atom. The summed E-state index contributed by atoms with van der Waals surface area (Å²) in [4.78, 5) is 12.2. The highest BCUT2D eigenvalue weighted by atomic mass is 32.2. The molecule has 6 heteroatoms. The molecule has 0 heterocycles. The summed E-state index contributed by atoms with van der Waals surface area (Å²) in [6, 6.07) is 4.57. The van der Waals surface area contributed by atoms with Gasteiger partial charge in [0.15, 0.2) is 0 Å². The van der Waals surface area contributed by atoms with Crippen molar-refractivity contribution in [1.29, 1.82) is 0 Å². The summed E-state index contributed by atoms with van der Waals surface area (Å²) in [5.74, 6) is 0.888. The van der Waals surface area contributed by atoms with Crippen LogP contribution < -0.4 is 10.5 Å². The van der Waals surface area contributed by atoms with E-state index in [1.165, 1.54) is 18.9 Å². The number of primary sulfonamides is 1. The second-order valence-corrected chi connectivity index (χ2v) is 7.43. The molecule has 21 heavy (non-hydrogen) atoms. The molecular weight excluding hydrogens is 288 g/mol. The smallest absolute Gasteiger partial charge is 0.251 e. The number of hydrogen-bond donors (Lipinski definition) is 2. The summed E-state index contributed by atoms with van der Waals surface area (Å²) in [6.07, 6.45) is 3.56. The van der Waals surface area contributed by atoms with Crippen LogP contribution in [0.15, 0.2) is 23.1 Å². The molecule has 1 fully saturated rings. The summed E-state index contributed by atoms with van der Waals surface area (Å²) in [7, 11) is -3.81. The zero-order chi connectivity index (χ0) is 15.6. The molecule has 0 saturated heterocycles. The third kappa shape index (κ3) is 3.83. The topological polar surface area (TPSA) is 89.3 Å². The number of rotatable bonds is 4. The third-order valence-electron chi connectivity index (χ3n) is 4.32. The van der Waals surface area contributed by atoms with E-state index < -0.39 is 10.0 Å². The van der Waals surface area contributed by atoms with E-state index in [2.05, 4.69) is 12.2 Å². The number of benzene rings is 1. The Hall–Kier alpha value is -1.40. The predicted molar refractivity (Wildman–Crippen MR) is 81.4 cm³/mol. The van der Waals surface area contributed by atoms with Crippen LogP contribution in [0.3, 0.4) is 0 Å². The van der Waals surface area contributed by atoms with Crippen molar-refractivity contribution in [1.82, 2.24) is 5.32 Å². The first-order valence-electron chi connectivity index (χ1n) is 7.20. The van der Waals surface area contributed by atoms with Crippen molar-refractivity contribution in [2.45, 2.75) is 38.0 Å². The van der Waals surface area contributed by atoms with E-state index >= 15 is 0 Å². The highest BCUT2D eigenvalue weighted by molar-refractivity contribution is 7.89. The molecule has 1 aromatic rings. The van der Waals surface area contributed by atoms with Gasteiger partial charge < -0.3 is 5.32 Å². The number of carbonyl (C=O) groups excluding carboxylic acids is 1. The Balaban J connectivity index is 2.09. The van der Waals surface area contributed by atoms with E-state index in [4.69, 9.17) is 5.14 Å². The van der Waals surface area contributed by atoms with Gasteiger partial charge in [-0.15, -0.1) is 0 Å². The van der Waals surface area contributed by atoms with Crippen LogP contribution in [0.25, 0.3) is 0 Å². The molecule has 3 N–H and O–H groups in total. The molecule has 0 bridgehead atoms. The summed E-state index contributed by atoms with van der Waals surface area (Å²) in [5, 5.41) is 8.05. The van der Waals surface area contributed by atoms with Crippen molar-refractivity contribution in [2.24, 2.45) is 17.0 Å². The van der Waals surface area contributed by atoms with Crippen molar-refractivity contribution in [2.75, 3.05) is 6.54 Å². The second-order valence-electron chi connectivity index (χ2n) is 5.90. The summed E-state index contributed by atoms with van der Waals surface area (Å²) < 4.78 is 23.0. The minimum atomic E-state index is -3.81. The second kappa shape index (κ2) is 6.15. The molecule has 0 spiro atoms. The number of sulfonamides is 1. The fourth-order valence-corrected chi connectivity index (χ4v) is 3.71. The fraction of sp³-hybridized carbons (Fsp3) is 0.533. The number of carbonyl (C=O) groups is 1. The van der Waals surface area contributed by atoms with Crippen LogP contribution in [0, 0.1) is 18.8 Å². The molecule has 0 aliphatic heterocycles. The lowest BCUT2D eigenvalue weighted by Crippen LogP contribution is -2.30. The normalized spacial score (nSPS) is 22.2. The van der Waals surface area contributed by atoms with Gasteiger partial charge in [-0.1, -0.05) is 25.8 Å². The highest BCUT2D eigenvalue weighted by Gasteiger charge is 2.24. The molecule has 116 valence electrons. The molecule has 2 unspecified atom stereocenters. The Morgan fingerprint density at radius 3 is 2.67 bits per heavy atom. The van der Waals surface area contributed by atoms with Crippen LogP contribution in [0.5, 0.6) is 0 Å². The van der Waals surface area contributed by atoms with Crippen LogP contribution in [-0.2, 0) is 10.0 Å². The van der Waals surface area contributed by atoms with Gasteiger partial charge >= 0.3 is 0 Å². The quantitative estimate of drug-likeness (QED) is 0.888. The van der Waals surface area contributed by atoms with E-state index in [9.17, 15) is 13.2 Å². The Labute approximate surface area is 126 Å². The molecule has 1 saturated carbocycles. The van der Waals surface area contributed by atoms with E-state index in [1.807, 2.05) is 0 Å². The van der Waals surface area contributed by atoms with Gasteiger partial charge in [0.1, 0.15) is 0 Å². The molecule has 1 aliphatic rings. The predicted octanol–water partition coefficient (Wildman–Crippen LogP) is 1.81. The van der Waals surface area contributed by atoms with Crippen molar-refractivity contribution < 1.29 is 13.2 Å². The molecule has 0 radical (unpaired) electrons. The molecule has 5 nitrogen and oxygen atoms in total. The zero-order valence-electron chi connectivity index (χ0n) is 12.4. The summed E-state index contributed by atoms with van der Waals surface area (Å²) in [6.45, 7) is 4.50. The van der Waals surface area contributed by atoms with Gasteiger partial charge in [-0.3, -0.25) is 4.79 Å². The monoisotopic (exact) mass is 310 g/mol. The molecular formula is C15H22N2O3S. The molecule has 1 aliphatic carbocycles. The maximum atomic E-state index is 12.2. The first-order chi connectivity index (χ1) is 9.79. The molecule has 2 rings (SSSR count). The van der Waals surface area contributed by atoms with Crippen molar-refractivity contribution >= 4 is 15.9 Å². The number of nitrogens with one attached hydrogen (secondary N) is 1. The van der Waals surface area contributed by atoms with Crippen molar-refractivity contribution in [3.63, 3.8) is 0 Å². The third-order valence-corrected chi connectivity index (χ3v) is 5.37. The minimum Gasteiger partial charge on any atom is -0.352 e. The lowest BCUT2D eigenvalue weighted by Gasteiger charge is -2.16. The van der Waals surface area contributed by atoms with Crippen molar-refractivity contribution in [3.8, 4) is 0 Å². The average Bonchev–Trinajstić information content (AvgIpc) is 2.80. The number of hydrogen-bond acceptors (Lipinski definition) is 3. The molecule has 0 aromatic heterocycles. The average molecular weight is 310 g/mol. The standard InChI is InChI=1S/C15H22N2O3S/c1-10-4-3-5-13(10)9-17-15(18)12-7-6-11(2)14(8-12)21(16,19)20/h6-8,10,13H,3-5,9H2,1-2H3,(H,17,18)(H2,16,19,20). The first kappa shape index (κ1) is 16.0. The van der Waals surface area contributed by atoms with Gasteiger partial charge in [-0.25, -0.2) is 13.6 Å². The summed E-state index contributed by atoms with van der Waals surface area (Å²) in [5.41, 5.74) is 0.869. The van der Waals surface area contributed by atoms with Gasteiger partial charge in [0.05, 0.1) is 4.90 Å². The van der Waals surface area contributed by atoms with Crippen LogP contribution in [0.4, 0.5) is 0 Å². The molecule has 2 atom stereocenters. The van der Waals surface area contributed by atoms with Gasteiger partial charge in [0.25, 0.3) is 5.91 Å². The largest absolute Gasteiger partial charge is 0.352 e. The Morgan fingerprint density at radius 2 is 2.10 bits per heavy atom. The minimum absolute atomic E-state index is 0.00406. The van der Waals surface area contributed by atoms with Crippen molar-refractivity contribution in [3.05, 3.63) is 29.3 Å².